The predicted octanol–water partition coefficient (Wildman–Crippen LogP) is 3.74. The molecule has 0 saturated heterocycles. The van der Waals surface area contributed by atoms with E-state index in [0.29, 0.717) is 6.92 Å². The largest absolute Gasteiger partial charge is 0.463 e. The van der Waals surface area contributed by atoms with Crippen LogP contribution in [0.3, 0.4) is 0 Å². The fourth-order valence-electron chi connectivity index (χ4n) is 2.28. The Hall–Kier alpha value is -2.96. The molecule has 0 aliphatic carbocycles. The van der Waals surface area contributed by atoms with Crippen LogP contribution < -0.4 is 4.74 Å². The summed E-state index contributed by atoms with van der Waals surface area (Å²) in [5.74, 6) is -2.85. The summed E-state index contributed by atoms with van der Waals surface area (Å²) in [6, 6.07) is 0.824. The maximum atomic E-state index is 14.2. The van der Waals surface area contributed by atoms with E-state index in [1.54, 1.807) is 0 Å². The summed E-state index contributed by atoms with van der Waals surface area (Å²) in [4.78, 5) is 7.48. The molecule has 3 aromatic rings. The summed E-state index contributed by atoms with van der Waals surface area (Å²) in [7, 11) is 0. The first-order valence-corrected chi connectivity index (χ1v) is 8.15. The van der Waals surface area contributed by atoms with Gasteiger partial charge in [-0.15, -0.1) is 10.2 Å². The third-order valence-electron chi connectivity index (χ3n) is 3.73. The molecule has 0 aromatic carbocycles. The van der Waals surface area contributed by atoms with Crippen molar-refractivity contribution in [2.75, 3.05) is 6.61 Å². The molecule has 3 aromatic heterocycles. The number of rotatable bonds is 6. The molecule has 3 rings (SSSR count). The van der Waals surface area contributed by atoms with E-state index in [4.69, 9.17) is 0 Å². The maximum Gasteiger partial charge on any atom is 0.425 e. The van der Waals surface area contributed by atoms with E-state index in [9.17, 15) is 26.3 Å². The lowest BCUT2D eigenvalue weighted by atomic mass is 10.2. The van der Waals surface area contributed by atoms with E-state index in [-0.39, 0.29) is 23.5 Å². The molecule has 0 fully saturated rings. The first kappa shape index (κ1) is 20.8. The molecule has 0 aliphatic rings. The Morgan fingerprint density at radius 1 is 1.10 bits per heavy atom. The van der Waals surface area contributed by atoms with Crippen LogP contribution in [0.2, 0.25) is 0 Å². The van der Waals surface area contributed by atoms with E-state index in [1.807, 2.05) is 0 Å². The zero-order valence-electron chi connectivity index (χ0n) is 14.9. The monoisotopic (exact) mass is 421 g/mol. The molecule has 0 saturated carbocycles. The third-order valence-corrected chi connectivity index (χ3v) is 3.73. The summed E-state index contributed by atoms with van der Waals surface area (Å²) >= 11 is 0. The Kier molecular flexibility index (Phi) is 5.34. The van der Waals surface area contributed by atoms with E-state index < -0.39 is 35.9 Å². The number of hydrogen-bond acceptors (Lipinski definition) is 6. The van der Waals surface area contributed by atoms with Crippen molar-refractivity contribution in [1.29, 1.82) is 0 Å². The molecule has 0 radical (unpaired) electrons. The van der Waals surface area contributed by atoms with E-state index in [2.05, 4.69) is 29.6 Å². The van der Waals surface area contributed by atoms with E-state index in [0.717, 1.165) is 29.1 Å². The highest BCUT2D eigenvalue weighted by Crippen LogP contribution is 2.30. The lowest BCUT2D eigenvalue weighted by Crippen LogP contribution is -2.31. The number of aromatic nitrogens is 5. The summed E-state index contributed by atoms with van der Waals surface area (Å²) in [6.45, 7) is 1.80. The Bertz CT molecular complexity index is 1020. The van der Waals surface area contributed by atoms with Crippen LogP contribution in [0.25, 0.3) is 16.9 Å². The highest BCUT2D eigenvalue weighted by molar-refractivity contribution is 5.59. The van der Waals surface area contributed by atoms with E-state index in [1.165, 1.54) is 6.92 Å². The molecule has 0 spiro atoms. The van der Waals surface area contributed by atoms with Gasteiger partial charge in [0.25, 0.3) is 5.88 Å². The minimum absolute atomic E-state index is 0.00679. The first-order valence-electron chi connectivity index (χ1n) is 8.15. The second-order valence-electron chi connectivity index (χ2n) is 5.79. The van der Waals surface area contributed by atoms with Gasteiger partial charge in [0.1, 0.15) is 0 Å². The van der Waals surface area contributed by atoms with Crippen LogP contribution >= 0.6 is 0 Å². The molecule has 0 bridgehead atoms. The lowest BCUT2D eigenvalue weighted by molar-refractivity contribution is -0.251. The Morgan fingerprint density at radius 3 is 2.45 bits per heavy atom. The van der Waals surface area contributed by atoms with Gasteiger partial charge in [-0.1, -0.05) is 0 Å². The zero-order chi connectivity index (χ0) is 21.4. The third kappa shape index (κ3) is 4.23. The molecule has 29 heavy (non-hydrogen) atoms. The van der Waals surface area contributed by atoms with Crippen LogP contribution in [0.1, 0.15) is 19.7 Å². The summed E-state index contributed by atoms with van der Waals surface area (Å²) in [5.41, 5.74) is -0.0148. The van der Waals surface area contributed by atoms with Gasteiger partial charge < -0.3 is 9.47 Å². The van der Waals surface area contributed by atoms with Gasteiger partial charge in [-0.25, -0.2) is 9.37 Å². The van der Waals surface area contributed by atoms with Crippen molar-refractivity contribution in [1.82, 2.24) is 24.6 Å². The summed E-state index contributed by atoms with van der Waals surface area (Å²) in [6.07, 6.45) is -7.49. The first-order chi connectivity index (χ1) is 13.5. The van der Waals surface area contributed by atoms with Crippen molar-refractivity contribution in [2.45, 2.75) is 32.2 Å². The normalized spacial score (nSPS) is 13.7. The molecule has 1 atom stereocenters. The Labute approximate surface area is 159 Å². The van der Waals surface area contributed by atoms with Gasteiger partial charge in [0.05, 0.1) is 18.5 Å². The van der Waals surface area contributed by atoms with Gasteiger partial charge in [-0.05, 0) is 19.9 Å². The summed E-state index contributed by atoms with van der Waals surface area (Å²) < 4.78 is 89.6. The van der Waals surface area contributed by atoms with Gasteiger partial charge in [0.2, 0.25) is 5.82 Å². The van der Waals surface area contributed by atoms with Crippen LogP contribution in [-0.2, 0) is 10.8 Å². The van der Waals surface area contributed by atoms with Crippen LogP contribution in [0, 0.1) is 5.82 Å². The van der Waals surface area contributed by atoms with Crippen molar-refractivity contribution in [3.05, 3.63) is 36.3 Å². The Morgan fingerprint density at radius 2 is 1.83 bits per heavy atom. The average molecular weight is 421 g/mol. The number of halogens is 6. The van der Waals surface area contributed by atoms with Gasteiger partial charge in [0, 0.05) is 18.0 Å². The van der Waals surface area contributed by atoms with Crippen LogP contribution in [0.5, 0.6) is 5.88 Å². The lowest BCUT2D eigenvalue weighted by Gasteiger charge is -2.17. The number of nitrogens with zero attached hydrogens (tertiary/aromatic N) is 5. The topological polar surface area (TPSA) is 74.4 Å². The minimum atomic E-state index is -4.70. The van der Waals surface area contributed by atoms with Gasteiger partial charge in [0.15, 0.2) is 17.6 Å². The molecule has 0 amide bonds. The van der Waals surface area contributed by atoms with Crippen LogP contribution in [-0.4, -0.2) is 43.5 Å². The quantitative estimate of drug-likeness (QED) is 0.565. The fourth-order valence-corrected chi connectivity index (χ4v) is 2.28. The Balaban J connectivity index is 1.96. The average Bonchev–Trinajstić information content (AvgIpc) is 3.06. The maximum absolute atomic E-state index is 14.2. The SMILES string of the molecule is CCOC(F)(F)c1nnc2cnc(-c3cnc(OC(C)C(F)(F)F)c(F)c3)cn12. The van der Waals surface area contributed by atoms with E-state index >= 15 is 0 Å². The van der Waals surface area contributed by atoms with Crippen molar-refractivity contribution >= 4 is 5.65 Å². The van der Waals surface area contributed by atoms with Gasteiger partial charge in [-0.3, -0.25) is 9.38 Å². The number of pyridine rings is 1. The zero-order valence-corrected chi connectivity index (χ0v) is 14.9. The molecule has 13 heteroatoms. The number of alkyl halides is 5. The molecule has 0 N–H and O–H groups in total. The highest BCUT2D eigenvalue weighted by Gasteiger charge is 2.39. The molecule has 156 valence electrons. The van der Waals surface area contributed by atoms with Gasteiger partial charge >= 0.3 is 12.3 Å². The van der Waals surface area contributed by atoms with Crippen LogP contribution in [0.4, 0.5) is 26.3 Å². The molecule has 0 aliphatic heterocycles. The molecule has 1 unspecified atom stereocenters. The second kappa shape index (κ2) is 7.46. The number of ether oxygens (including phenoxy) is 2. The van der Waals surface area contributed by atoms with Crippen molar-refractivity contribution in [3.63, 3.8) is 0 Å². The van der Waals surface area contributed by atoms with Crippen molar-refractivity contribution in [3.8, 4) is 17.1 Å². The minimum Gasteiger partial charge on any atom is -0.463 e. The van der Waals surface area contributed by atoms with Crippen molar-refractivity contribution in [2.24, 2.45) is 0 Å². The predicted molar refractivity (Wildman–Crippen MR) is 85.6 cm³/mol. The smallest absolute Gasteiger partial charge is 0.425 e. The molecule has 3 heterocycles. The fraction of sp³-hybridized carbons (Fsp3) is 0.375. The molecule has 7 nitrogen and oxygen atoms in total. The van der Waals surface area contributed by atoms with Crippen molar-refractivity contribution < 1.29 is 35.8 Å². The molecular weight excluding hydrogens is 408 g/mol. The second-order valence-corrected chi connectivity index (χ2v) is 5.79. The van der Waals surface area contributed by atoms with Gasteiger partial charge in [-0.2, -0.15) is 22.0 Å². The highest BCUT2D eigenvalue weighted by atomic mass is 19.4. The number of hydrogen-bond donors (Lipinski definition) is 0. The number of fused-ring (bicyclic) bond motifs is 1. The molecular formula is C16H13F6N5O2. The summed E-state index contributed by atoms with van der Waals surface area (Å²) in [5, 5.41) is 6.95. The standard InChI is InChI=1S/C16H13F6N5O2/c1-3-28-16(21,22)14-26-25-12-6-23-11(7-27(12)14)9-4-10(17)13(24-5-9)29-8(2)15(18,19)20/h4-8H,3H2,1-2H3. The van der Waals surface area contributed by atoms with Crippen LogP contribution in [0.15, 0.2) is 24.7 Å².